The molecule has 1 aromatic rings. The van der Waals surface area contributed by atoms with Gasteiger partial charge in [0.05, 0.1) is 12.9 Å². The van der Waals surface area contributed by atoms with E-state index in [-0.39, 0.29) is 0 Å². The first kappa shape index (κ1) is 17.2. The second-order valence-electron chi connectivity index (χ2n) is 6.17. The summed E-state index contributed by atoms with van der Waals surface area (Å²) < 4.78 is 5.60. The molecule has 0 radical (unpaired) electrons. The fraction of sp³-hybridized carbons (Fsp3) is 0.450. The minimum atomic E-state index is 0.453. The maximum atomic E-state index is 5.60. The van der Waals surface area contributed by atoms with Crippen LogP contribution in [0.1, 0.15) is 31.7 Å². The van der Waals surface area contributed by atoms with E-state index in [0.717, 1.165) is 49.7 Å². The molecule has 128 valence electrons. The van der Waals surface area contributed by atoms with E-state index in [1.165, 1.54) is 16.0 Å². The molecule has 2 aliphatic rings. The predicted molar refractivity (Wildman–Crippen MR) is 103 cm³/mol. The van der Waals surface area contributed by atoms with Crippen LogP contribution in [0.2, 0.25) is 0 Å². The van der Waals surface area contributed by atoms with Crippen molar-refractivity contribution in [3.05, 3.63) is 53.3 Å². The van der Waals surface area contributed by atoms with Gasteiger partial charge in [-0.2, -0.15) is 0 Å². The zero-order chi connectivity index (χ0) is 16.8. The predicted octanol–water partition coefficient (Wildman–Crippen LogP) is 4.41. The standard InChI is InChI=1S/C20H26N2OS/c1-3-15-9-10-18(23-2)16(13-15)14-24-19-8-5-4-7-17(19)20-21-11-6-12-22-20/h4-5,7-10,16H,3,6,11-14H2,1-2H3,(H,21,22). The number of amidine groups is 1. The topological polar surface area (TPSA) is 33.6 Å². The van der Waals surface area contributed by atoms with Crippen LogP contribution in [0.4, 0.5) is 0 Å². The maximum Gasteiger partial charge on any atom is 0.129 e. The van der Waals surface area contributed by atoms with Crippen molar-refractivity contribution in [1.82, 2.24) is 5.32 Å². The van der Waals surface area contributed by atoms with Gasteiger partial charge in [0.25, 0.3) is 0 Å². The van der Waals surface area contributed by atoms with Gasteiger partial charge in [0.1, 0.15) is 5.84 Å². The smallest absolute Gasteiger partial charge is 0.129 e. The molecule has 1 atom stereocenters. The van der Waals surface area contributed by atoms with Crippen LogP contribution in [0, 0.1) is 5.92 Å². The summed E-state index contributed by atoms with van der Waals surface area (Å²) in [5, 5.41) is 3.44. The number of nitrogens with one attached hydrogen (secondary N) is 1. The van der Waals surface area contributed by atoms with Crippen LogP contribution < -0.4 is 5.32 Å². The SMILES string of the molecule is CCC1=CC=C(OC)C(CSc2ccccc2C2=NCCCN2)C1. The summed E-state index contributed by atoms with van der Waals surface area (Å²) in [6.45, 7) is 4.16. The Labute approximate surface area is 149 Å². The van der Waals surface area contributed by atoms with Gasteiger partial charge < -0.3 is 10.1 Å². The monoisotopic (exact) mass is 342 g/mol. The molecule has 0 spiro atoms. The van der Waals surface area contributed by atoms with E-state index in [0.29, 0.717) is 5.92 Å². The number of thioether (sulfide) groups is 1. The number of hydrogen-bond donors (Lipinski definition) is 1. The molecule has 24 heavy (non-hydrogen) atoms. The highest BCUT2D eigenvalue weighted by molar-refractivity contribution is 7.99. The summed E-state index contributed by atoms with van der Waals surface area (Å²) in [5.74, 6) is 3.63. The Morgan fingerprint density at radius 1 is 1.29 bits per heavy atom. The number of benzene rings is 1. The van der Waals surface area contributed by atoms with Gasteiger partial charge in [-0.3, -0.25) is 4.99 Å². The average molecular weight is 343 g/mol. The van der Waals surface area contributed by atoms with E-state index in [2.05, 4.69) is 53.7 Å². The molecular weight excluding hydrogens is 316 g/mol. The third-order valence-corrected chi connectivity index (χ3v) is 5.80. The normalized spacial score (nSPS) is 20.6. The van der Waals surface area contributed by atoms with Gasteiger partial charge in [-0.1, -0.05) is 36.8 Å². The van der Waals surface area contributed by atoms with E-state index >= 15 is 0 Å². The summed E-state index contributed by atoms with van der Waals surface area (Å²) in [5.41, 5.74) is 2.74. The first-order valence-corrected chi connectivity index (χ1v) is 9.74. The molecule has 4 heteroatoms. The molecule has 1 aromatic carbocycles. The second kappa shape index (κ2) is 8.43. The van der Waals surface area contributed by atoms with Gasteiger partial charge in [-0.05, 0) is 31.4 Å². The number of rotatable bonds is 6. The zero-order valence-corrected chi connectivity index (χ0v) is 15.4. The van der Waals surface area contributed by atoms with Crippen molar-refractivity contribution in [3.63, 3.8) is 0 Å². The van der Waals surface area contributed by atoms with Crippen molar-refractivity contribution in [1.29, 1.82) is 0 Å². The lowest BCUT2D eigenvalue weighted by atomic mass is 9.92. The molecule has 1 aliphatic carbocycles. The number of ether oxygens (including phenoxy) is 1. The molecule has 1 heterocycles. The minimum absolute atomic E-state index is 0.453. The molecule has 0 amide bonds. The van der Waals surface area contributed by atoms with E-state index in [1.54, 1.807) is 7.11 Å². The van der Waals surface area contributed by atoms with Gasteiger partial charge in [-0.25, -0.2) is 0 Å². The summed E-state index contributed by atoms with van der Waals surface area (Å²) in [7, 11) is 1.78. The van der Waals surface area contributed by atoms with Crippen molar-refractivity contribution < 1.29 is 4.74 Å². The first-order valence-electron chi connectivity index (χ1n) is 8.76. The average Bonchev–Trinajstić information content (AvgIpc) is 2.67. The molecule has 1 aliphatic heterocycles. The molecule has 1 N–H and O–H groups in total. The molecule has 0 aromatic heterocycles. The number of allylic oxidation sites excluding steroid dienone is 4. The van der Waals surface area contributed by atoms with Gasteiger partial charge >= 0.3 is 0 Å². The van der Waals surface area contributed by atoms with Crippen LogP contribution in [-0.2, 0) is 4.74 Å². The Morgan fingerprint density at radius 3 is 2.92 bits per heavy atom. The van der Waals surface area contributed by atoms with Crippen molar-refractivity contribution in [3.8, 4) is 0 Å². The number of nitrogens with zero attached hydrogens (tertiary/aromatic N) is 1. The first-order chi connectivity index (χ1) is 11.8. The van der Waals surface area contributed by atoms with Crippen LogP contribution in [0.15, 0.2) is 57.6 Å². The third-order valence-electron chi connectivity index (χ3n) is 4.56. The Morgan fingerprint density at radius 2 is 2.17 bits per heavy atom. The Balaban J connectivity index is 1.72. The van der Waals surface area contributed by atoms with Crippen LogP contribution in [0.25, 0.3) is 0 Å². The van der Waals surface area contributed by atoms with Crippen molar-refractivity contribution in [2.45, 2.75) is 31.1 Å². The minimum Gasteiger partial charge on any atom is -0.501 e. The van der Waals surface area contributed by atoms with Crippen molar-refractivity contribution >= 4 is 17.6 Å². The van der Waals surface area contributed by atoms with E-state index < -0.39 is 0 Å². The Hall–Kier alpha value is -1.68. The lowest BCUT2D eigenvalue weighted by molar-refractivity contribution is 0.246. The molecule has 0 fully saturated rings. The summed E-state index contributed by atoms with van der Waals surface area (Å²) in [6.07, 6.45) is 7.70. The molecule has 3 rings (SSSR count). The van der Waals surface area contributed by atoms with E-state index in [4.69, 9.17) is 4.74 Å². The fourth-order valence-corrected chi connectivity index (χ4v) is 4.31. The lowest BCUT2D eigenvalue weighted by Crippen LogP contribution is -2.30. The summed E-state index contributed by atoms with van der Waals surface area (Å²) >= 11 is 1.91. The van der Waals surface area contributed by atoms with Crippen LogP contribution >= 0.6 is 11.8 Å². The lowest BCUT2D eigenvalue weighted by Gasteiger charge is -2.24. The number of aliphatic imine (C=N–C) groups is 1. The number of hydrogen-bond acceptors (Lipinski definition) is 4. The van der Waals surface area contributed by atoms with Crippen LogP contribution in [0.3, 0.4) is 0 Å². The van der Waals surface area contributed by atoms with Crippen molar-refractivity contribution in [2.24, 2.45) is 10.9 Å². The number of methoxy groups -OCH3 is 1. The highest BCUT2D eigenvalue weighted by atomic mass is 32.2. The Kier molecular flexibility index (Phi) is 6.02. The molecule has 0 bridgehead atoms. The van der Waals surface area contributed by atoms with Crippen molar-refractivity contribution in [2.75, 3.05) is 26.0 Å². The largest absolute Gasteiger partial charge is 0.501 e. The van der Waals surface area contributed by atoms with Crippen LogP contribution in [-0.4, -0.2) is 31.8 Å². The molecule has 0 saturated carbocycles. The zero-order valence-electron chi connectivity index (χ0n) is 14.5. The van der Waals surface area contributed by atoms with Gasteiger partial charge in [0, 0.05) is 35.2 Å². The van der Waals surface area contributed by atoms with Gasteiger partial charge in [0.2, 0.25) is 0 Å². The van der Waals surface area contributed by atoms with Gasteiger partial charge in [-0.15, -0.1) is 11.8 Å². The second-order valence-corrected chi connectivity index (χ2v) is 7.23. The van der Waals surface area contributed by atoms with Gasteiger partial charge in [0.15, 0.2) is 0 Å². The highest BCUT2D eigenvalue weighted by Crippen LogP contribution is 2.33. The molecule has 0 saturated heterocycles. The third kappa shape index (κ3) is 4.04. The quantitative estimate of drug-likeness (QED) is 0.778. The fourth-order valence-electron chi connectivity index (χ4n) is 3.15. The van der Waals surface area contributed by atoms with E-state index in [9.17, 15) is 0 Å². The van der Waals surface area contributed by atoms with Crippen LogP contribution in [0.5, 0.6) is 0 Å². The summed E-state index contributed by atoms with van der Waals surface area (Å²) in [4.78, 5) is 5.96. The summed E-state index contributed by atoms with van der Waals surface area (Å²) in [6, 6.07) is 8.58. The highest BCUT2D eigenvalue weighted by Gasteiger charge is 2.21. The molecule has 1 unspecified atom stereocenters. The molecular formula is C20H26N2OS. The maximum absolute atomic E-state index is 5.60. The van der Waals surface area contributed by atoms with E-state index in [1.807, 2.05) is 11.8 Å². The molecule has 3 nitrogen and oxygen atoms in total. The Bertz CT molecular complexity index is 663.